The molecule has 0 heterocycles. The fraction of sp³-hybridized carbons (Fsp3) is 0.667. The number of carbonyl (C=O) groups excluding carboxylic acids is 2. The molecule has 4 heteroatoms. The minimum atomic E-state index is -0.222. The molecule has 0 aromatic heterocycles. The minimum absolute atomic E-state index is 0.0416. The summed E-state index contributed by atoms with van der Waals surface area (Å²) in [4.78, 5) is 21.6. The first-order valence-electron chi connectivity index (χ1n) is 5.70. The van der Waals surface area contributed by atoms with Gasteiger partial charge in [0.2, 0.25) is 7.28 Å². The molecule has 0 saturated heterocycles. The van der Waals surface area contributed by atoms with Crippen molar-refractivity contribution >= 4 is 18.9 Å². The van der Waals surface area contributed by atoms with Crippen molar-refractivity contribution in [2.45, 2.75) is 45.9 Å². The summed E-state index contributed by atoms with van der Waals surface area (Å²) in [6.07, 6.45) is 4.79. The molecular weight excluding hydrogens is 203 g/mol. The van der Waals surface area contributed by atoms with Crippen LogP contribution in [0.3, 0.4) is 0 Å². The number of hydrogen-bond donors (Lipinski definition) is 0. The van der Waals surface area contributed by atoms with Crippen LogP contribution in [0.2, 0.25) is 6.32 Å². The number of allylic oxidation sites excluding steroid dienone is 1. The lowest BCUT2D eigenvalue weighted by molar-refractivity contribution is -0.141. The molecule has 0 bridgehead atoms. The van der Waals surface area contributed by atoms with Gasteiger partial charge in [0, 0.05) is 6.92 Å². The maximum atomic E-state index is 11.1. The van der Waals surface area contributed by atoms with E-state index in [1.165, 1.54) is 6.92 Å². The molecule has 3 nitrogen and oxygen atoms in total. The highest BCUT2D eigenvalue weighted by Gasteiger charge is 2.03. The molecule has 0 amide bonds. The summed E-state index contributed by atoms with van der Waals surface area (Å²) in [5, 5.41) is 0. The quantitative estimate of drug-likeness (QED) is 0.261. The van der Waals surface area contributed by atoms with E-state index in [0.717, 1.165) is 32.0 Å². The standard InChI is InChI=1S/C12H20BO3/c1-10(2)12(15)13-8-6-4-5-7-9-16-11(3)14/h1,4-9H2,2-3H3. The number of unbranched alkanes of at least 4 members (excludes halogenated alkanes) is 3. The van der Waals surface area contributed by atoms with Crippen molar-refractivity contribution in [1.82, 2.24) is 0 Å². The van der Waals surface area contributed by atoms with Crippen LogP contribution in [0.1, 0.15) is 39.5 Å². The molecule has 0 unspecified atom stereocenters. The first-order valence-corrected chi connectivity index (χ1v) is 5.70. The van der Waals surface area contributed by atoms with Crippen molar-refractivity contribution in [3.63, 3.8) is 0 Å². The van der Waals surface area contributed by atoms with Crippen LogP contribution < -0.4 is 0 Å². The number of carbonyl (C=O) groups is 2. The highest BCUT2D eigenvalue weighted by Crippen LogP contribution is 2.04. The SMILES string of the molecule is C=C(C)C(=O)[B]CCCCCCOC(C)=O. The van der Waals surface area contributed by atoms with Crippen LogP contribution in [0.4, 0.5) is 0 Å². The van der Waals surface area contributed by atoms with Crippen molar-refractivity contribution in [3.8, 4) is 0 Å². The number of hydrogen-bond acceptors (Lipinski definition) is 3. The molecule has 0 fully saturated rings. The van der Waals surface area contributed by atoms with E-state index >= 15 is 0 Å². The normalized spacial score (nSPS) is 9.62. The van der Waals surface area contributed by atoms with Gasteiger partial charge in [-0.3, -0.25) is 4.79 Å². The molecule has 1 radical (unpaired) electrons. The van der Waals surface area contributed by atoms with Gasteiger partial charge in [0.05, 0.1) is 6.61 Å². The molecule has 89 valence electrons. The smallest absolute Gasteiger partial charge is 0.302 e. The largest absolute Gasteiger partial charge is 0.466 e. The molecule has 0 N–H and O–H groups in total. The highest BCUT2D eigenvalue weighted by molar-refractivity contribution is 6.77. The zero-order valence-corrected chi connectivity index (χ0v) is 10.3. The van der Waals surface area contributed by atoms with Crippen molar-refractivity contribution < 1.29 is 14.3 Å². The van der Waals surface area contributed by atoms with E-state index in [4.69, 9.17) is 4.74 Å². The molecular formula is C12H20BO3. The lowest BCUT2D eigenvalue weighted by Gasteiger charge is -2.02. The van der Waals surface area contributed by atoms with E-state index in [0.29, 0.717) is 12.2 Å². The Bertz CT molecular complexity index is 249. The van der Waals surface area contributed by atoms with E-state index in [1.54, 1.807) is 14.2 Å². The van der Waals surface area contributed by atoms with Crippen LogP contribution in [-0.2, 0) is 14.3 Å². The molecule has 0 rings (SSSR count). The van der Waals surface area contributed by atoms with E-state index in [-0.39, 0.29) is 11.7 Å². The highest BCUT2D eigenvalue weighted by atomic mass is 16.5. The van der Waals surface area contributed by atoms with Crippen LogP contribution >= 0.6 is 0 Å². The summed E-state index contributed by atoms with van der Waals surface area (Å²) < 4.78 is 4.81. The van der Waals surface area contributed by atoms with Crippen molar-refractivity contribution in [2.75, 3.05) is 6.61 Å². The second-order valence-electron chi connectivity index (χ2n) is 3.89. The Morgan fingerprint density at radius 2 is 1.75 bits per heavy atom. The van der Waals surface area contributed by atoms with E-state index in [2.05, 4.69) is 6.58 Å². The molecule has 0 aromatic rings. The summed E-state index contributed by atoms with van der Waals surface area (Å²) in [6.45, 7) is 7.22. The van der Waals surface area contributed by atoms with Gasteiger partial charge < -0.3 is 9.53 Å². The summed E-state index contributed by atoms with van der Waals surface area (Å²) in [7, 11) is 1.69. The summed E-state index contributed by atoms with van der Waals surface area (Å²) in [6, 6.07) is 0. The minimum Gasteiger partial charge on any atom is -0.466 e. The van der Waals surface area contributed by atoms with Gasteiger partial charge in [0.15, 0.2) is 0 Å². The summed E-state index contributed by atoms with van der Waals surface area (Å²) in [5.74, 6) is -0.222. The topological polar surface area (TPSA) is 43.4 Å². The maximum absolute atomic E-state index is 11.1. The third-order valence-corrected chi connectivity index (χ3v) is 2.15. The van der Waals surface area contributed by atoms with Crippen LogP contribution in [0, 0.1) is 0 Å². The monoisotopic (exact) mass is 223 g/mol. The van der Waals surface area contributed by atoms with Gasteiger partial charge in [-0.2, -0.15) is 0 Å². The van der Waals surface area contributed by atoms with Gasteiger partial charge in [-0.05, 0) is 18.9 Å². The first-order chi connectivity index (χ1) is 7.54. The van der Waals surface area contributed by atoms with Gasteiger partial charge in [-0.15, -0.1) is 0 Å². The Balaban J connectivity index is 3.19. The Hall–Kier alpha value is -1.06. The maximum Gasteiger partial charge on any atom is 0.302 e. The summed E-state index contributed by atoms with van der Waals surface area (Å²) in [5.41, 5.74) is 0.634. The Labute approximate surface area is 98.5 Å². The van der Waals surface area contributed by atoms with Crippen LogP contribution in [0.5, 0.6) is 0 Å². The molecule has 0 aliphatic carbocycles. The predicted octanol–water partition coefficient (Wildman–Crippen LogP) is 2.34. The van der Waals surface area contributed by atoms with Crippen LogP contribution in [0.15, 0.2) is 12.2 Å². The number of ether oxygens (including phenoxy) is 1. The van der Waals surface area contributed by atoms with Crippen molar-refractivity contribution in [1.29, 1.82) is 0 Å². The van der Waals surface area contributed by atoms with E-state index < -0.39 is 0 Å². The molecule has 0 aliphatic rings. The Morgan fingerprint density at radius 3 is 2.31 bits per heavy atom. The second kappa shape index (κ2) is 9.19. The van der Waals surface area contributed by atoms with E-state index in [9.17, 15) is 9.59 Å². The van der Waals surface area contributed by atoms with Gasteiger partial charge in [0.1, 0.15) is 5.68 Å². The zero-order chi connectivity index (χ0) is 12.4. The molecule has 0 atom stereocenters. The molecule has 0 aromatic carbocycles. The molecule has 0 aliphatic heterocycles. The average molecular weight is 223 g/mol. The number of rotatable bonds is 9. The molecule has 16 heavy (non-hydrogen) atoms. The number of esters is 1. The Morgan fingerprint density at radius 1 is 1.12 bits per heavy atom. The van der Waals surface area contributed by atoms with Crippen molar-refractivity contribution in [3.05, 3.63) is 12.2 Å². The van der Waals surface area contributed by atoms with Crippen LogP contribution in [-0.4, -0.2) is 25.5 Å². The predicted molar refractivity (Wildman–Crippen MR) is 65.5 cm³/mol. The second-order valence-corrected chi connectivity index (χ2v) is 3.89. The fourth-order valence-electron chi connectivity index (χ4n) is 1.22. The van der Waals surface area contributed by atoms with Gasteiger partial charge in [-0.1, -0.05) is 32.2 Å². The molecule has 0 saturated carbocycles. The zero-order valence-electron chi connectivity index (χ0n) is 10.3. The van der Waals surface area contributed by atoms with E-state index in [1.807, 2.05) is 0 Å². The molecule has 0 spiro atoms. The van der Waals surface area contributed by atoms with Gasteiger partial charge in [-0.25, -0.2) is 0 Å². The lowest BCUT2D eigenvalue weighted by atomic mass is 9.66. The fourth-order valence-corrected chi connectivity index (χ4v) is 1.22. The van der Waals surface area contributed by atoms with Gasteiger partial charge >= 0.3 is 5.97 Å². The van der Waals surface area contributed by atoms with Crippen molar-refractivity contribution in [2.24, 2.45) is 0 Å². The average Bonchev–Trinajstić information content (AvgIpc) is 2.21. The van der Waals surface area contributed by atoms with Gasteiger partial charge in [0.25, 0.3) is 0 Å². The third kappa shape index (κ3) is 9.50. The lowest BCUT2D eigenvalue weighted by Crippen LogP contribution is -2.08. The Kier molecular flexibility index (Phi) is 8.59. The summed E-state index contributed by atoms with van der Waals surface area (Å²) >= 11 is 0. The first kappa shape index (κ1) is 14.9. The third-order valence-electron chi connectivity index (χ3n) is 2.15. The van der Waals surface area contributed by atoms with Crippen LogP contribution in [0.25, 0.3) is 0 Å².